The summed E-state index contributed by atoms with van der Waals surface area (Å²) in [6, 6.07) is 3.27. The third-order valence-electron chi connectivity index (χ3n) is 6.99. The molecular formula is C30H40N6O4. The van der Waals surface area contributed by atoms with Crippen molar-refractivity contribution in [2.45, 2.75) is 78.6 Å². The summed E-state index contributed by atoms with van der Waals surface area (Å²) in [6.07, 6.45) is 11.9. The van der Waals surface area contributed by atoms with Gasteiger partial charge in [-0.25, -0.2) is 9.78 Å². The lowest BCUT2D eigenvalue weighted by molar-refractivity contribution is 0.0919. The lowest BCUT2D eigenvalue weighted by Crippen LogP contribution is -2.29. The quantitative estimate of drug-likeness (QED) is 0.168. The number of hydrogen-bond donors (Lipinski definition) is 3. The Morgan fingerprint density at radius 3 is 2.10 bits per heavy atom. The van der Waals surface area contributed by atoms with E-state index >= 15 is 0 Å². The molecule has 0 bridgehead atoms. The van der Waals surface area contributed by atoms with Crippen molar-refractivity contribution >= 4 is 50.8 Å². The Morgan fingerprint density at radius 1 is 0.825 bits per heavy atom. The third kappa shape index (κ3) is 6.26. The van der Waals surface area contributed by atoms with Gasteiger partial charge in [-0.2, -0.15) is 0 Å². The highest BCUT2D eigenvalue weighted by Gasteiger charge is 2.27. The number of hydrogen-bond acceptors (Lipinski definition) is 6. The lowest BCUT2D eigenvalue weighted by atomic mass is 10.1. The summed E-state index contributed by atoms with van der Waals surface area (Å²) in [6.45, 7) is 7.86. The van der Waals surface area contributed by atoms with Crippen molar-refractivity contribution < 1.29 is 18.8 Å². The fourth-order valence-corrected chi connectivity index (χ4v) is 4.85. The maximum atomic E-state index is 13.5. The number of oxazole rings is 1. The van der Waals surface area contributed by atoms with Gasteiger partial charge in [-0.1, -0.05) is 59.3 Å². The first kappa shape index (κ1) is 29.0. The van der Waals surface area contributed by atoms with Crippen LogP contribution in [0.15, 0.2) is 28.9 Å². The Morgan fingerprint density at radius 2 is 1.45 bits per heavy atom. The second-order valence-electron chi connectivity index (χ2n) is 10.1. The average Bonchev–Trinajstić information content (AvgIpc) is 3.59. The first-order valence-corrected chi connectivity index (χ1v) is 14.6. The molecule has 4 aromatic rings. The van der Waals surface area contributed by atoms with Crippen molar-refractivity contribution in [3.63, 3.8) is 0 Å². The van der Waals surface area contributed by atoms with Gasteiger partial charge in [0.15, 0.2) is 5.58 Å². The monoisotopic (exact) mass is 548 g/mol. The highest BCUT2D eigenvalue weighted by atomic mass is 16.4. The summed E-state index contributed by atoms with van der Waals surface area (Å²) in [5.74, 6) is -0.842. The fraction of sp³-hybridized carbons (Fsp3) is 0.500. The maximum absolute atomic E-state index is 13.5. The summed E-state index contributed by atoms with van der Waals surface area (Å²) in [5.41, 5.74) is 1.91. The summed E-state index contributed by atoms with van der Waals surface area (Å²) >= 11 is 0. The zero-order chi connectivity index (χ0) is 28.5. The molecule has 3 N–H and O–H groups in total. The Labute approximate surface area is 234 Å². The maximum Gasteiger partial charge on any atom is 0.326 e. The van der Waals surface area contributed by atoms with Crippen LogP contribution in [0.3, 0.4) is 0 Å². The van der Waals surface area contributed by atoms with Crippen molar-refractivity contribution in [2.75, 3.05) is 19.6 Å². The lowest BCUT2D eigenvalue weighted by Gasteiger charge is -2.08. The van der Waals surface area contributed by atoms with Crippen molar-refractivity contribution in [2.24, 2.45) is 0 Å². The molecule has 10 nitrogen and oxygen atoms in total. The molecular weight excluding hydrogens is 508 g/mol. The molecule has 40 heavy (non-hydrogen) atoms. The molecule has 0 radical (unpaired) electrons. The zero-order valence-electron chi connectivity index (χ0n) is 23.8. The number of nitrogens with one attached hydrogen (secondary N) is 3. The molecule has 3 heterocycles. The van der Waals surface area contributed by atoms with E-state index in [1.165, 1.54) is 4.57 Å². The average molecular weight is 549 g/mol. The van der Waals surface area contributed by atoms with Crippen LogP contribution in [0.25, 0.3) is 32.9 Å². The second-order valence-corrected chi connectivity index (χ2v) is 10.1. The first-order valence-electron chi connectivity index (χ1n) is 14.6. The molecule has 0 aliphatic carbocycles. The minimum Gasteiger partial charge on any atom is -0.431 e. The summed E-state index contributed by atoms with van der Waals surface area (Å²) < 4.78 is 7.52. The molecule has 1 aromatic carbocycles. The molecule has 0 saturated heterocycles. The van der Waals surface area contributed by atoms with Crippen LogP contribution in [0.1, 0.15) is 99.6 Å². The van der Waals surface area contributed by atoms with Crippen LogP contribution in [0, 0.1) is 0 Å². The number of unbranched alkanes of at least 4 members (excludes halogenated alkanes) is 6. The van der Waals surface area contributed by atoms with E-state index in [0.717, 1.165) is 57.8 Å². The molecule has 0 spiro atoms. The molecule has 0 aliphatic heterocycles. The SMILES string of the molecule is CCCCCNC(=O)c1nc2c3ncccc3c3c(c(C(=O)NCCCCC)cn3C(=O)NCCCCC)c2o1. The first-order chi connectivity index (χ1) is 19.5. The predicted molar refractivity (Wildman–Crippen MR) is 157 cm³/mol. The van der Waals surface area contributed by atoms with E-state index < -0.39 is 5.91 Å². The van der Waals surface area contributed by atoms with E-state index in [1.807, 2.05) is 6.07 Å². The van der Waals surface area contributed by atoms with Crippen molar-refractivity contribution in [1.82, 2.24) is 30.5 Å². The molecule has 3 aromatic heterocycles. The number of nitrogens with zero attached hydrogens (tertiary/aromatic N) is 3. The topological polar surface area (TPSA) is 131 Å². The largest absolute Gasteiger partial charge is 0.431 e. The number of pyridine rings is 1. The van der Waals surface area contributed by atoms with Crippen LogP contribution in [-0.4, -0.2) is 52.0 Å². The van der Waals surface area contributed by atoms with Gasteiger partial charge >= 0.3 is 11.9 Å². The van der Waals surface area contributed by atoms with E-state index in [1.54, 1.807) is 18.5 Å². The molecule has 214 valence electrons. The van der Waals surface area contributed by atoms with Gasteiger partial charge < -0.3 is 20.4 Å². The number of amides is 3. The molecule has 0 saturated carbocycles. The molecule has 3 amide bonds. The number of aromatic nitrogens is 3. The van der Waals surface area contributed by atoms with Gasteiger partial charge in [-0.05, 0) is 31.4 Å². The van der Waals surface area contributed by atoms with Crippen molar-refractivity contribution in [1.29, 1.82) is 0 Å². The van der Waals surface area contributed by atoms with Crippen LogP contribution in [0.2, 0.25) is 0 Å². The van der Waals surface area contributed by atoms with E-state index in [9.17, 15) is 14.4 Å². The van der Waals surface area contributed by atoms with Crippen molar-refractivity contribution in [3.8, 4) is 0 Å². The van der Waals surface area contributed by atoms with Gasteiger partial charge in [0, 0.05) is 37.4 Å². The zero-order valence-corrected chi connectivity index (χ0v) is 23.8. The minimum atomic E-state index is -0.428. The smallest absolute Gasteiger partial charge is 0.326 e. The van der Waals surface area contributed by atoms with Gasteiger partial charge in [-0.15, -0.1) is 0 Å². The van der Waals surface area contributed by atoms with E-state index in [4.69, 9.17) is 4.42 Å². The van der Waals surface area contributed by atoms with E-state index in [0.29, 0.717) is 47.0 Å². The van der Waals surface area contributed by atoms with Gasteiger partial charge in [-0.3, -0.25) is 19.1 Å². The van der Waals surface area contributed by atoms with Crippen LogP contribution >= 0.6 is 0 Å². The number of rotatable bonds is 14. The Bertz CT molecular complexity index is 1490. The van der Waals surface area contributed by atoms with E-state index in [2.05, 4.69) is 46.7 Å². The van der Waals surface area contributed by atoms with E-state index in [-0.39, 0.29) is 29.0 Å². The van der Waals surface area contributed by atoms with Gasteiger partial charge in [0.05, 0.1) is 16.5 Å². The Kier molecular flexibility index (Phi) is 10.1. The van der Waals surface area contributed by atoms with Crippen LogP contribution < -0.4 is 16.0 Å². The normalized spacial score (nSPS) is 11.4. The third-order valence-corrected chi connectivity index (χ3v) is 6.99. The van der Waals surface area contributed by atoms with Crippen LogP contribution in [0.4, 0.5) is 4.79 Å². The van der Waals surface area contributed by atoms with Crippen LogP contribution in [-0.2, 0) is 0 Å². The summed E-state index contributed by atoms with van der Waals surface area (Å²) in [5, 5.41) is 9.88. The molecule has 4 rings (SSSR count). The number of carbonyl (C=O) groups excluding carboxylic acids is 3. The molecule has 10 heteroatoms. The minimum absolute atomic E-state index is 0.1000. The number of benzene rings is 1. The van der Waals surface area contributed by atoms with Gasteiger partial charge in [0.25, 0.3) is 11.8 Å². The summed E-state index contributed by atoms with van der Waals surface area (Å²) in [7, 11) is 0. The van der Waals surface area contributed by atoms with Gasteiger partial charge in [0.2, 0.25) is 0 Å². The fourth-order valence-electron chi connectivity index (χ4n) is 4.85. The Balaban J connectivity index is 1.85. The Hall–Kier alpha value is -3.95. The second kappa shape index (κ2) is 13.9. The molecule has 0 atom stereocenters. The summed E-state index contributed by atoms with van der Waals surface area (Å²) in [4.78, 5) is 48.8. The highest BCUT2D eigenvalue weighted by Crippen LogP contribution is 2.37. The van der Waals surface area contributed by atoms with Crippen LogP contribution in [0.5, 0.6) is 0 Å². The molecule has 0 unspecified atom stereocenters. The van der Waals surface area contributed by atoms with Gasteiger partial charge in [0.1, 0.15) is 11.0 Å². The number of fused-ring (bicyclic) bond motifs is 6. The standard InChI is InChI=1S/C30H40N6O4/c1-4-7-10-15-32-27(37)21-19-36(30(39)34-17-12-9-6-3)25-20-14-13-18-31-23(20)24-26(22(21)25)40-29(35-24)28(38)33-16-11-8-5-2/h13-14,18-19H,4-12,15-17H2,1-3H3,(H,32,37)(H,33,38)(H,34,39). The number of carbonyl (C=O) groups is 3. The molecule has 0 fully saturated rings. The van der Waals surface area contributed by atoms with Crippen molar-refractivity contribution in [3.05, 3.63) is 36.0 Å². The highest BCUT2D eigenvalue weighted by molar-refractivity contribution is 6.27. The predicted octanol–water partition coefficient (Wildman–Crippen LogP) is 5.92. The molecule has 0 aliphatic rings.